The fourth-order valence-electron chi connectivity index (χ4n) is 2.74. The second-order valence-electron chi connectivity index (χ2n) is 6.49. The molecular formula is C24H24INO3. The van der Waals surface area contributed by atoms with Crippen LogP contribution >= 0.6 is 22.6 Å². The number of halogens is 1. The Morgan fingerprint density at radius 1 is 0.966 bits per heavy atom. The largest absolute Gasteiger partial charge is 0.494 e. The zero-order chi connectivity index (χ0) is 20.6. The Morgan fingerprint density at radius 2 is 1.69 bits per heavy atom. The number of aliphatic imine (C=N–C) groups is 1. The smallest absolute Gasteiger partial charge is 0.174 e. The van der Waals surface area contributed by atoms with Gasteiger partial charge in [-0.25, -0.2) is 0 Å². The number of hydrogen-bond donors (Lipinski definition) is 0. The molecule has 4 nitrogen and oxygen atoms in total. The summed E-state index contributed by atoms with van der Waals surface area (Å²) in [7, 11) is 1.65. The van der Waals surface area contributed by atoms with Crippen molar-refractivity contribution in [1.82, 2.24) is 0 Å². The summed E-state index contributed by atoms with van der Waals surface area (Å²) >= 11 is 2.27. The molecule has 3 rings (SSSR count). The van der Waals surface area contributed by atoms with Crippen LogP contribution in [0.4, 0.5) is 5.69 Å². The van der Waals surface area contributed by atoms with Crippen LogP contribution in [0.1, 0.15) is 23.6 Å². The number of nitrogens with zero attached hydrogens (tertiary/aromatic N) is 1. The van der Waals surface area contributed by atoms with Gasteiger partial charge >= 0.3 is 0 Å². The van der Waals surface area contributed by atoms with Gasteiger partial charge in [0.25, 0.3) is 0 Å². The van der Waals surface area contributed by atoms with Crippen LogP contribution in [0, 0.1) is 10.5 Å². The van der Waals surface area contributed by atoms with Crippen molar-refractivity contribution in [3.8, 4) is 17.2 Å². The number of ether oxygens (including phenoxy) is 3. The molecule has 0 aliphatic heterocycles. The summed E-state index contributed by atoms with van der Waals surface area (Å²) in [5, 5.41) is 0. The standard InChI is InChI=1S/C24H24INO3/c1-4-28-21-11-9-20(10-12-21)26-15-19-13-22(25)24(23(14-19)27-3)29-16-18-7-5-17(2)6-8-18/h5-15H,4,16H2,1-3H3. The van der Waals surface area contributed by atoms with Crippen LogP contribution < -0.4 is 14.2 Å². The molecule has 0 atom stereocenters. The van der Waals surface area contributed by atoms with Crippen molar-refractivity contribution in [3.05, 3.63) is 80.9 Å². The van der Waals surface area contributed by atoms with E-state index < -0.39 is 0 Å². The van der Waals surface area contributed by atoms with Crippen LogP contribution in [-0.4, -0.2) is 19.9 Å². The first-order valence-corrected chi connectivity index (χ1v) is 10.5. The predicted octanol–water partition coefficient (Wildman–Crippen LogP) is 6.34. The molecule has 0 fully saturated rings. The van der Waals surface area contributed by atoms with Crippen molar-refractivity contribution in [2.24, 2.45) is 4.99 Å². The van der Waals surface area contributed by atoms with Gasteiger partial charge in [0, 0.05) is 6.21 Å². The molecule has 150 valence electrons. The van der Waals surface area contributed by atoms with Gasteiger partial charge in [-0.15, -0.1) is 0 Å². The molecule has 0 aromatic heterocycles. The van der Waals surface area contributed by atoms with Crippen molar-refractivity contribution < 1.29 is 14.2 Å². The molecule has 0 radical (unpaired) electrons. The number of methoxy groups -OCH3 is 1. The summed E-state index contributed by atoms with van der Waals surface area (Å²) < 4.78 is 18.0. The molecule has 0 spiro atoms. The highest BCUT2D eigenvalue weighted by atomic mass is 127. The molecule has 0 bridgehead atoms. The average Bonchev–Trinajstić information content (AvgIpc) is 2.73. The summed E-state index contributed by atoms with van der Waals surface area (Å²) in [6, 6.07) is 20.0. The van der Waals surface area contributed by atoms with Gasteiger partial charge in [0.2, 0.25) is 0 Å². The molecule has 0 aliphatic rings. The maximum Gasteiger partial charge on any atom is 0.174 e. The van der Waals surface area contributed by atoms with Gasteiger partial charge < -0.3 is 14.2 Å². The van der Waals surface area contributed by atoms with Gasteiger partial charge in [-0.2, -0.15) is 0 Å². The maximum atomic E-state index is 6.05. The number of benzene rings is 3. The molecule has 0 unspecified atom stereocenters. The van der Waals surface area contributed by atoms with Crippen molar-refractivity contribution in [1.29, 1.82) is 0 Å². The highest BCUT2D eigenvalue weighted by Crippen LogP contribution is 2.34. The van der Waals surface area contributed by atoms with E-state index in [1.54, 1.807) is 7.11 Å². The van der Waals surface area contributed by atoms with E-state index in [1.807, 2.05) is 49.5 Å². The van der Waals surface area contributed by atoms with E-state index in [0.717, 1.165) is 31.9 Å². The Bertz CT molecular complexity index is 967. The molecule has 0 heterocycles. The van der Waals surface area contributed by atoms with Gasteiger partial charge in [0.05, 0.1) is 23.0 Å². The van der Waals surface area contributed by atoms with Crippen LogP contribution in [0.25, 0.3) is 0 Å². The Morgan fingerprint density at radius 3 is 2.34 bits per heavy atom. The van der Waals surface area contributed by atoms with E-state index in [9.17, 15) is 0 Å². The first-order valence-electron chi connectivity index (χ1n) is 9.42. The molecule has 3 aromatic rings. The third-order valence-electron chi connectivity index (χ3n) is 4.27. The fraction of sp³-hybridized carbons (Fsp3) is 0.208. The molecule has 0 saturated heterocycles. The van der Waals surface area contributed by atoms with E-state index in [1.165, 1.54) is 5.56 Å². The van der Waals surface area contributed by atoms with Crippen molar-refractivity contribution in [2.45, 2.75) is 20.5 Å². The first-order chi connectivity index (χ1) is 14.1. The fourth-order valence-corrected chi connectivity index (χ4v) is 3.52. The zero-order valence-electron chi connectivity index (χ0n) is 16.8. The van der Waals surface area contributed by atoms with Gasteiger partial charge in [0.15, 0.2) is 11.5 Å². The van der Waals surface area contributed by atoms with Crippen molar-refractivity contribution in [2.75, 3.05) is 13.7 Å². The van der Waals surface area contributed by atoms with E-state index in [4.69, 9.17) is 14.2 Å². The molecule has 29 heavy (non-hydrogen) atoms. The van der Waals surface area contributed by atoms with Crippen LogP contribution in [-0.2, 0) is 6.61 Å². The topological polar surface area (TPSA) is 40.0 Å². The lowest BCUT2D eigenvalue weighted by Gasteiger charge is -2.13. The summed E-state index contributed by atoms with van der Waals surface area (Å²) in [5.41, 5.74) is 4.16. The van der Waals surface area contributed by atoms with Crippen LogP contribution in [0.15, 0.2) is 65.7 Å². The lowest BCUT2D eigenvalue weighted by molar-refractivity contribution is 0.282. The Balaban J connectivity index is 1.74. The highest BCUT2D eigenvalue weighted by molar-refractivity contribution is 14.1. The minimum absolute atomic E-state index is 0.492. The van der Waals surface area contributed by atoms with E-state index in [-0.39, 0.29) is 0 Å². The second kappa shape index (κ2) is 10.3. The van der Waals surface area contributed by atoms with Gasteiger partial charge in [0.1, 0.15) is 12.4 Å². The molecular weight excluding hydrogens is 477 g/mol. The van der Waals surface area contributed by atoms with Crippen LogP contribution in [0.5, 0.6) is 17.2 Å². The van der Waals surface area contributed by atoms with Gasteiger partial charge in [-0.3, -0.25) is 4.99 Å². The van der Waals surface area contributed by atoms with E-state index in [2.05, 4.69) is 58.8 Å². The third-order valence-corrected chi connectivity index (χ3v) is 5.07. The SMILES string of the molecule is CCOc1ccc(N=Cc2cc(I)c(OCc3ccc(C)cc3)c(OC)c2)cc1. The first kappa shape index (κ1) is 21.2. The second-order valence-corrected chi connectivity index (χ2v) is 7.66. The Kier molecular flexibility index (Phi) is 7.52. The maximum absolute atomic E-state index is 6.05. The summed E-state index contributed by atoms with van der Waals surface area (Å²) in [5.74, 6) is 2.28. The van der Waals surface area contributed by atoms with Gasteiger partial charge in [-0.1, -0.05) is 29.8 Å². The van der Waals surface area contributed by atoms with Crippen LogP contribution in [0.2, 0.25) is 0 Å². The highest BCUT2D eigenvalue weighted by Gasteiger charge is 2.11. The normalized spacial score (nSPS) is 10.9. The number of hydrogen-bond acceptors (Lipinski definition) is 4. The zero-order valence-corrected chi connectivity index (χ0v) is 19.0. The molecule has 0 saturated carbocycles. The molecule has 5 heteroatoms. The van der Waals surface area contributed by atoms with Crippen molar-refractivity contribution in [3.63, 3.8) is 0 Å². The van der Waals surface area contributed by atoms with E-state index >= 15 is 0 Å². The molecule has 0 aliphatic carbocycles. The Hall–Kier alpha value is -2.54. The van der Waals surface area contributed by atoms with Crippen molar-refractivity contribution >= 4 is 34.5 Å². The molecule has 0 N–H and O–H groups in total. The van der Waals surface area contributed by atoms with Gasteiger partial charge in [-0.05, 0) is 84.0 Å². The minimum Gasteiger partial charge on any atom is -0.494 e. The number of rotatable bonds is 8. The summed E-state index contributed by atoms with van der Waals surface area (Å²) in [6.45, 7) is 5.19. The molecule has 3 aromatic carbocycles. The third kappa shape index (κ3) is 5.97. The molecule has 0 amide bonds. The van der Waals surface area contributed by atoms with E-state index in [0.29, 0.717) is 19.0 Å². The summed E-state index contributed by atoms with van der Waals surface area (Å²) in [4.78, 5) is 4.55. The lowest BCUT2D eigenvalue weighted by Crippen LogP contribution is -2.00. The lowest BCUT2D eigenvalue weighted by atomic mass is 10.1. The monoisotopic (exact) mass is 501 g/mol. The van der Waals surface area contributed by atoms with Crippen LogP contribution in [0.3, 0.4) is 0 Å². The minimum atomic E-state index is 0.492. The predicted molar refractivity (Wildman–Crippen MR) is 126 cm³/mol. The summed E-state index contributed by atoms with van der Waals surface area (Å²) in [6.07, 6.45) is 1.82. The Labute approximate surface area is 185 Å². The quantitative estimate of drug-likeness (QED) is 0.267. The average molecular weight is 501 g/mol. The number of aryl methyl sites for hydroxylation is 1.